The topological polar surface area (TPSA) is 55.8 Å². The van der Waals surface area contributed by atoms with Gasteiger partial charge in [-0.1, -0.05) is 37.3 Å². The quantitative estimate of drug-likeness (QED) is 0.449. The smallest absolute Gasteiger partial charge is 0.434 e. The first-order valence-corrected chi connectivity index (χ1v) is 10.5. The number of halogens is 1. The number of benzene rings is 2. The van der Waals surface area contributed by atoms with Crippen LogP contribution in [0.25, 0.3) is 0 Å². The lowest BCUT2D eigenvalue weighted by Gasteiger charge is -2.33. The fourth-order valence-corrected chi connectivity index (χ4v) is 3.68. The molecule has 0 N–H and O–H groups in total. The molecule has 1 aliphatic rings. The molecule has 0 radical (unpaired) electrons. The number of rotatable bonds is 8. The SMILES string of the molecule is CCCOC(=O)OC(CN1CCC(C(=O)c2ccc(F)cc2)CC1)c1ccccc1. The molecule has 0 aromatic heterocycles. The molecule has 2 aromatic carbocycles. The third-order valence-electron chi connectivity index (χ3n) is 5.35. The molecule has 0 saturated carbocycles. The van der Waals surface area contributed by atoms with Crippen LogP contribution in [0.3, 0.4) is 0 Å². The van der Waals surface area contributed by atoms with Gasteiger partial charge in [-0.3, -0.25) is 9.69 Å². The van der Waals surface area contributed by atoms with Gasteiger partial charge in [0, 0.05) is 18.0 Å². The Kier molecular flexibility index (Phi) is 7.97. The van der Waals surface area contributed by atoms with E-state index in [4.69, 9.17) is 9.47 Å². The van der Waals surface area contributed by atoms with Gasteiger partial charge in [0.05, 0.1) is 6.61 Å². The number of carbonyl (C=O) groups excluding carboxylic acids is 2. The van der Waals surface area contributed by atoms with Crippen LogP contribution in [0.5, 0.6) is 0 Å². The van der Waals surface area contributed by atoms with E-state index < -0.39 is 12.3 Å². The van der Waals surface area contributed by atoms with Crippen molar-refractivity contribution in [3.05, 3.63) is 71.5 Å². The van der Waals surface area contributed by atoms with Gasteiger partial charge in [-0.25, -0.2) is 9.18 Å². The van der Waals surface area contributed by atoms with Crippen molar-refractivity contribution in [2.24, 2.45) is 5.92 Å². The predicted molar refractivity (Wildman–Crippen MR) is 112 cm³/mol. The summed E-state index contributed by atoms with van der Waals surface area (Å²) in [6, 6.07) is 15.3. The molecule has 30 heavy (non-hydrogen) atoms. The van der Waals surface area contributed by atoms with Gasteiger partial charge in [0.2, 0.25) is 0 Å². The van der Waals surface area contributed by atoms with Crippen LogP contribution in [0.1, 0.15) is 48.2 Å². The summed E-state index contributed by atoms with van der Waals surface area (Å²) in [5, 5.41) is 0. The molecule has 1 heterocycles. The highest BCUT2D eigenvalue weighted by atomic mass is 19.1. The zero-order valence-corrected chi connectivity index (χ0v) is 17.3. The highest BCUT2D eigenvalue weighted by Crippen LogP contribution is 2.26. The molecule has 1 saturated heterocycles. The third-order valence-corrected chi connectivity index (χ3v) is 5.35. The fourth-order valence-electron chi connectivity index (χ4n) is 3.68. The van der Waals surface area contributed by atoms with Crippen LogP contribution in [0, 0.1) is 11.7 Å². The van der Waals surface area contributed by atoms with Crippen LogP contribution >= 0.6 is 0 Å². The standard InChI is InChI=1S/C24H28FNO4/c1-2-16-29-24(28)30-22(18-6-4-3-5-7-18)17-26-14-12-20(13-15-26)23(27)19-8-10-21(25)11-9-19/h3-11,20,22H,2,12-17H2,1H3. The van der Waals surface area contributed by atoms with Gasteiger partial charge < -0.3 is 9.47 Å². The molecule has 0 amide bonds. The largest absolute Gasteiger partial charge is 0.508 e. The van der Waals surface area contributed by atoms with Crippen LogP contribution in [-0.4, -0.2) is 43.1 Å². The summed E-state index contributed by atoms with van der Waals surface area (Å²) in [5.74, 6) is -0.350. The molecule has 1 aliphatic heterocycles. The molecule has 3 rings (SSSR count). The maximum atomic E-state index is 13.1. The van der Waals surface area contributed by atoms with Crippen LogP contribution in [-0.2, 0) is 9.47 Å². The molecule has 2 aromatic rings. The average molecular weight is 413 g/mol. The van der Waals surface area contributed by atoms with E-state index >= 15 is 0 Å². The Morgan fingerprint density at radius 1 is 1.07 bits per heavy atom. The van der Waals surface area contributed by atoms with Gasteiger partial charge >= 0.3 is 6.16 Å². The second-order valence-corrected chi connectivity index (χ2v) is 7.56. The van der Waals surface area contributed by atoms with Gasteiger partial charge in [-0.05, 0) is 62.2 Å². The van der Waals surface area contributed by atoms with E-state index in [1.54, 1.807) is 12.1 Å². The molecule has 1 fully saturated rings. The van der Waals surface area contributed by atoms with Gasteiger partial charge in [0.15, 0.2) is 5.78 Å². The maximum Gasteiger partial charge on any atom is 0.508 e. The van der Waals surface area contributed by atoms with E-state index in [1.165, 1.54) is 12.1 Å². The first-order valence-electron chi connectivity index (χ1n) is 10.5. The second kappa shape index (κ2) is 10.9. The number of carbonyl (C=O) groups is 2. The van der Waals surface area contributed by atoms with Crippen LogP contribution < -0.4 is 0 Å². The predicted octanol–water partition coefficient (Wildman–Crippen LogP) is 5.02. The number of hydrogen-bond acceptors (Lipinski definition) is 5. The van der Waals surface area contributed by atoms with Gasteiger partial charge in [-0.2, -0.15) is 0 Å². The number of ketones is 1. The third kappa shape index (κ3) is 6.13. The summed E-state index contributed by atoms with van der Waals surface area (Å²) in [4.78, 5) is 26.9. The van der Waals surface area contributed by atoms with E-state index in [0.29, 0.717) is 18.7 Å². The summed E-state index contributed by atoms with van der Waals surface area (Å²) < 4.78 is 23.8. The van der Waals surface area contributed by atoms with E-state index in [2.05, 4.69) is 4.90 Å². The normalized spacial score (nSPS) is 16.1. The van der Waals surface area contributed by atoms with Gasteiger partial charge in [0.25, 0.3) is 0 Å². The molecule has 0 aliphatic carbocycles. The molecular formula is C24H28FNO4. The van der Waals surface area contributed by atoms with E-state index in [1.807, 2.05) is 37.3 Å². The number of piperidine rings is 1. The fraction of sp³-hybridized carbons (Fsp3) is 0.417. The summed E-state index contributed by atoms with van der Waals surface area (Å²) in [7, 11) is 0. The van der Waals surface area contributed by atoms with E-state index in [9.17, 15) is 14.0 Å². The Balaban J connectivity index is 1.57. The minimum atomic E-state index is -0.660. The maximum absolute atomic E-state index is 13.1. The molecule has 5 nitrogen and oxygen atoms in total. The summed E-state index contributed by atoms with van der Waals surface area (Å²) in [5.41, 5.74) is 1.47. The monoisotopic (exact) mass is 413 g/mol. The molecule has 1 unspecified atom stereocenters. The number of ether oxygens (including phenoxy) is 2. The Morgan fingerprint density at radius 3 is 2.37 bits per heavy atom. The lowest BCUT2D eigenvalue weighted by atomic mass is 9.88. The summed E-state index contributed by atoms with van der Waals surface area (Å²) in [6.07, 6.45) is 1.09. The van der Waals surface area contributed by atoms with Crippen molar-refractivity contribution < 1.29 is 23.5 Å². The lowest BCUT2D eigenvalue weighted by Crippen LogP contribution is -2.39. The molecular weight excluding hydrogens is 385 g/mol. The van der Waals surface area contributed by atoms with Crippen LogP contribution in [0.4, 0.5) is 9.18 Å². The van der Waals surface area contributed by atoms with Gasteiger partial charge in [0.1, 0.15) is 11.9 Å². The van der Waals surface area contributed by atoms with Crippen molar-refractivity contribution in [2.45, 2.75) is 32.3 Å². The number of nitrogens with zero attached hydrogens (tertiary/aromatic N) is 1. The van der Waals surface area contributed by atoms with Crippen molar-refractivity contribution in [3.8, 4) is 0 Å². The van der Waals surface area contributed by atoms with Crippen molar-refractivity contribution >= 4 is 11.9 Å². The second-order valence-electron chi connectivity index (χ2n) is 7.56. The Hall–Kier alpha value is -2.73. The van der Waals surface area contributed by atoms with Crippen molar-refractivity contribution in [1.82, 2.24) is 4.90 Å². The van der Waals surface area contributed by atoms with Crippen molar-refractivity contribution in [3.63, 3.8) is 0 Å². The molecule has 160 valence electrons. The Morgan fingerprint density at radius 2 is 1.73 bits per heavy atom. The number of hydrogen-bond donors (Lipinski definition) is 0. The number of likely N-dealkylation sites (tertiary alicyclic amines) is 1. The molecule has 0 spiro atoms. The minimum absolute atomic E-state index is 0.0636. The Labute approximate surface area is 176 Å². The number of Topliss-reactive ketones (excluding diaryl/α,β-unsaturated/α-hetero) is 1. The molecule has 1 atom stereocenters. The van der Waals surface area contributed by atoms with Crippen molar-refractivity contribution in [1.29, 1.82) is 0 Å². The van der Waals surface area contributed by atoms with Crippen LogP contribution in [0.2, 0.25) is 0 Å². The first-order chi connectivity index (χ1) is 14.6. The average Bonchev–Trinajstić information content (AvgIpc) is 2.78. The summed E-state index contributed by atoms with van der Waals surface area (Å²) >= 11 is 0. The minimum Gasteiger partial charge on any atom is -0.434 e. The molecule has 6 heteroatoms. The highest BCUT2D eigenvalue weighted by molar-refractivity contribution is 5.97. The van der Waals surface area contributed by atoms with Crippen LogP contribution in [0.15, 0.2) is 54.6 Å². The highest BCUT2D eigenvalue weighted by Gasteiger charge is 2.28. The zero-order chi connectivity index (χ0) is 21.3. The molecule has 0 bridgehead atoms. The van der Waals surface area contributed by atoms with Gasteiger partial charge in [-0.15, -0.1) is 0 Å². The lowest BCUT2D eigenvalue weighted by molar-refractivity contribution is 0.00590. The Bertz CT molecular complexity index is 817. The van der Waals surface area contributed by atoms with E-state index in [0.717, 1.165) is 37.9 Å². The van der Waals surface area contributed by atoms with Crippen molar-refractivity contribution in [2.75, 3.05) is 26.2 Å². The zero-order valence-electron chi connectivity index (χ0n) is 17.3. The first kappa shape index (κ1) is 22.0. The van der Waals surface area contributed by atoms with E-state index in [-0.39, 0.29) is 17.5 Å². The summed E-state index contributed by atoms with van der Waals surface area (Å²) in [6.45, 7) is 4.27.